The Balaban J connectivity index is 2.99. The SMILES string of the molecule is CC(C)(C)OC(=O)Nc1cc(Br)ccc1C#CC(=O)O. The normalized spacial score (nSPS) is 10.2. The first-order valence-corrected chi connectivity index (χ1v) is 6.51. The number of carbonyl (C=O) groups is 2. The minimum Gasteiger partial charge on any atom is -0.472 e. The zero-order valence-corrected chi connectivity index (χ0v) is 12.9. The van der Waals surface area contributed by atoms with Crippen LogP contribution < -0.4 is 5.32 Å². The first kappa shape index (κ1) is 16.1. The highest BCUT2D eigenvalue weighted by Crippen LogP contribution is 2.21. The van der Waals surface area contributed by atoms with Gasteiger partial charge >= 0.3 is 12.1 Å². The van der Waals surface area contributed by atoms with E-state index in [9.17, 15) is 9.59 Å². The Kier molecular flexibility index (Phi) is 5.17. The molecule has 0 aromatic heterocycles. The van der Waals surface area contributed by atoms with Crippen LogP contribution in [0, 0.1) is 11.8 Å². The van der Waals surface area contributed by atoms with Crippen molar-refractivity contribution in [3.8, 4) is 11.8 Å². The molecule has 2 N–H and O–H groups in total. The molecule has 0 saturated carbocycles. The van der Waals surface area contributed by atoms with Crippen molar-refractivity contribution >= 4 is 33.7 Å². The summed E-state index contributed by atoms with van der Waals surface area (Å²) >= 11 is 3.27. The highest BCUT2D eigenvalue weighted by molar-refractivity contribution is 9.10. The summed E-state index contributed by atoms with van der Waals surface area (Å²) in [5, 5.41) is 11.1. The molecule has 0 aliphatic carbocycles. The molecule has 0 aliphatic heterocycles. The second kappa shape index (κ2) is 6.44. The summed E-state index contributed by atoms with van der Waals surface area (Å²) in [5.41, 5.74) is 0.145. The summed E-state index contributed by atoms with van der Waals surface area (Å²) in [7, 11) is 0. The molecule has 1 aromatic carbocycles. The third kappa shape index (κ3) is 5.76. The van der Waals surface area contributed by atoms with Crippen molar-refractivity contribution in [2.45, 2.75) is 26.4 Å². The maximum atomic E-state index is 11.7. The number of carbonyl (C=O) groups excluding carboxylic acids is 1. The van der Waals surface area contributed by atoms with Crippen molar-refractivity contribution in [1.82, 2.24) is 0 Å². The first-order chi connectivity index (χ1) is 9.17. The number of aliphatic carboxylic acids is 1. The molecule has 0 atom stereocenters. The molecule has 0 aliphatic rings. The summed E-state index contributed by atoms with van der Waals surface area (Å²) in [6, 6.07) is 4.93. The molecule has 1 rings (SSSR count). The predicted octanol–water partition coefficient (Wildman–Crippen LogP) is 3.23. The van der Waals surface area contributed by atoms with Gasteiger partial charge in [0.15, 0.2) is 0 Å². The molecule has 1 amide bonds. The number of anilines is 1. The fourth-order valence-electron chi connectivity index (χ4n) is 1.26. The molecule has 0 unspecified atom stereocenters. The lowest BCUT2D eigenvalue weighted by atomic mass is 10.2. The Hall–Kier alpha value is -2.00. The lowest BCUT2D eigenvalue weighted by Crippen LogP contribution is -2.27. The van der Waals surface area contributed by atoms with Gasteiger partial charge in [-0.2, -0.15) is 0 Å². The van der Waals surface area contributed by atoms with Crippen LogP contribution >= 0.6 is 15.9 Å². The lowest BCUT2D eigenvalue weighted by Gasteiger charge is -2.20. The molecule has 0 spiro atoms. The number of carboxylic acid groups (broad SMARTS) is 1. The second-order valence-corrected chi connectivity index (χ2v) is 5.79. The van der Waals surface area contributed by atoms with Gasteiger partial charge in [0.05, 0.1) is 5.69 Å². The average Bonchev–Trinajstić information content (AvgIpc) is 2.24. The molecule has 0 bridgehead atoms. The summed E-state index contributed by atoms with van der Waals surface area (Å²) in [4.78, 5) is 22.2. The van der Waals surface area contributed by atoms with Gasteiger partial charge in [-0.05, 0) is 39.0 Å². The molecule has 0 saturated heterocycles. The summed E-state index contributed by atoms with van der Waals surface area (Å²) in [5.74, 6) is 3.23. The maximum Gasteiger partial charge on any atom is 0.412 e. The van der Waals surface area contributed by atoms with E-state index in [1.165, 1.54) is 0 Å². The molecule has 0 heterocycles. The Morgan fingerprint density at radius 3 is 2.55 bits per heavy atom. The standard InChI is InChI=1S/C14H14BrNO4/c1-14(2,3)20-13(19)16-11-8-10(15)6-4-9(11)5-7-12(17)18/h4,6,8H,1-3H3,(H,16,19)(H,17,18). The van der Waals surface area contributed by atoms with E-state index in [0.717, 1.165) is 4.47 Å². The van der Waals surface area contributed by atoms with Crippen LogP contribution in [0.2, 0.25) is 0 Å². The lowest BCUT2D eigenvalue weighted by molar-refractivity contribution is -0.130. The Bertz CT molecular complexity index is 593. The van der Waals surface area contributed by atoms with Gasteiger partial charge in [0, 0.05) is 16.0 Å². The molecule has 20 heavy (non-hydrogen) atoms. The summed E-state index contributed by atoms with van der Waals surface area (Å²) in [6.07, 6.45) is -0.631. The Morgan fingerprint density at radius 2 is 2.00 bits per heavy atom. The minimum atomic E-state index is -1.24. The zero-order valence-electron chi connectivity index (χ0n) is 11.3. The van der Waals surface area contributed by atoms with Gasteiger partial charge in [0.25, 0.3) is 0 Å². The fraction of sp³-hybridized carbons (Fsp3) is 0.286. The topological polar surface area (TPSA) is 75.6 Å². The van der Waals surface area contributed by atoms with E-state index in [1.54, 1.807) is 39.0 Å². The van der Waals surface area contributed by atoms with E-state index in [2.05, 4.69) is 27.2 Å². The summed E-state index contributed by atoms with van der Waals surface area (Å²) < 4.78 is 5.86. The minimum absolute atomic E-state index is 0.377. The number of hydrogen-bond donors (Lipinski definition) is 2. The van der Waals surface area contributed by atoms with Gasteiger partial charge in [-0.1, -0.05) is 21.9 Å². The Morgan fingerprint density at radius 1 is 1.35 bits per heavy atom. The number of ether oxygens (including phenoxy) is 1. The van der Waals surface area contributed by atoms with E-state index in [0.29, 0.717) is 11.3 Å². The largest absolute Gasteiger partial charge is 0.472 e. The maximum absolute atomic E-state index is 11.7. The van der Waals surface area contributed by atoms with Crippen LogP contribution in [-0.2, 0) is 9.53 Å². The van der Waals surface area contributed by atoms with Gasteiger partial charge < -0.3 is 9.84 Å². The van der Waals surface area contributed by atoms with Gasteiger partial charge in [-0.25, -0.2) is 9.59 Å². The van der Waals surface area contributed by atoms with Crippen LogP contribution in [0.1, 0.15) is 26.3 Å². The number of nitrogens with one attached hydrogen (secondary N) is 1. The second-order valence-electron chi connectivity index (χ2n) is 4.87. The quantitative estimate of drug-likeness (QED) is 0.770. The van der Waals surface area contributed by atoms with Crippen LogP contribution in [0.25, 0.3) is 0 Å². The van der Waals surface area contributed by atoms with Gasteiger partial charge in [-0.15, -0.1) is 0 Å². The third-order valence-electron chi connectivity index (χ3n) is 1.92. The molecule has 5 nitrogen and oxygen atoms in total. The average molecular weight is 340 g/mol. The predicted molar refractivity (Wildman–Crippen MR) is 78.5 cm³/mol. The molecule has 1 aromatic rings. The number of rotatable bonds is 1. The third-order valence-corrected chi connectivity index (χ3v) is 2.41. The van der Waals surface area contributed by atoms with E-state index < -0.39 is 17.7 Å². The van der Waals surface area contributed by atoms with Crippen molar-refractivity contribution < 1.29 is 19.4 Å². The molecule has 6 heteroatoms. The first-order valence-electron chi connectivity index (χ1n) is 5.72. The van der Waals surface area contributed by atoms with Crippen LogP contribution in [0.15, 0.2) is 22.7 Å². The van der Waals surface area contributed by atoms with Crippen molar-refractivity contribution in [3.63, 3.8) is 0 Å². The zero-order chi connectivity index (χ0) is 15.3. The van der Waals surface area contributed by atoms with Crippen LogP contribution in [0.3, 0.4) is 0 Å². The molecule has 0 radical (unpaired) electrons. The van der Waals surface area contributed by atoms with E-state index in [4.69, 9.17) is 9.84 Å². The molecule has 0 fully saturated rings. The van der Waals surface area contributed by atoms with Crippen LogP contribution in [0.4, 0.5) is 10.5 Å². The number of halogens is 1. The van der Waals surface area contributed by atoms with E-state index >= 15 is 0 Å². The van der Waals surface area contributed by atoms with Gasteiger partial charge in [-0.3, -0.25) is 5.32 Å². The Labute approximate surface area is 125 Å². The number of hydrogen-bond acceptors (Lipinski definition) is 3. The van der Waals surface area contributed by atoms with Gasteiger partial charge in [0.1, 0.15) is 5.60 Å². The number of carboxylic acids is 1. The summed E-state index contributed by atoms with van der Waals surface area (Å²) in [6.45, 7) is 5.25. The van der Waals surface area contributed by atoms with E-state index in [1.807, 2.05) is 5.92 Å². The van der Waals surface area contributed by atoms with Crippen LogP contribution in [-0.4, -0.2) is 22.8 Å². The smallest absolute Gasteiger partial charge is 0.412 e. The molecular weight excluding hydrogens is 326 g/mol. The highest BCUT2D eigenvalue weighted by Gasteiger charge is 2.17. The monoisotopic (exact) mass is 339 g/mol. The molecule has 106 valence electrons. The van der Waals surface area contributed by atoms with Crippen molar-refractivity contribution in [2.75, 3.05) is 5.32 Å². The number of benzene rings is 1. The molecular formula is C14H14BrNO4. The van der Waals surface area contributed by atoms with Crippen molar-refractivity contribution in [3.05, 3.63) is 28.2 Å². The van der Waals surface area contributed by atoms with Crippen LogP contribution in [0.5, 0.6) is 0 Å². The highest BCUT2D eigenvalue weighted by atomic mass is 79.9. The van der Waals surface area contributed by atoms with E-state index in [-0.39, 0.29) is 0 Å². The number of amides is 1. The van der Waals surface area contributed by atoms with Gasteiger partial charge in [0.2, 0.25) is 0 Å². The van der Waals surface area contributed by atoms with Crippen molar-refractivity contribution in [2.24, 2.45) is 0 Å². The fourth-order valence-corrected chi connectivity index (χ4v) is 1.62. The van der Waals surface area contributed by atoms with Crippen molar-refractivity contribution in [1.29, 1.82) is 0 Å².